The number of hydrogen-bond acceptors (Lipinski definition) is 5. The van der Waals surface area contributed by atoms with Gasteiger partial charge in [0, 0.05) is 6.42 Å². The summed E-state index contributed by atoms with van der Waals surface area (Å²) in [5.41, 5.74) is 0.728. The van der Waals surface area contributed by atoms with E-state index >= 15 is 0 Å². The van der Waals surface area contributed by atoms with Crippen molar-refractivity contribution in [2.24, 2.45) is 0 Å². The van der Waals surface area contributed by atoms with E-state index in [4.69, 9.17) is 0 Å². The number of aliphatic hydroxyl groups excluding tert-OH is 1. The van der Waals surface area contributed by atoms with Crippen LogP contribution in [0.25, 0.3) is 0 Å². The minimum atomic E-state index is -0.806. The Bertz CT molecular complexity index is 557. The van der Waals surface area contributed by atoms with Crippen molar-refractivity contribution in [3.63, 3.8) is 0 Å². The number of aromatic nitrogens is 2. The van der Waals surface area contributed by atoms with Crippen LogP contribution in [0, 0.1) is 0 Å². The second kappa shape index (κ2) is 7.12. The van der Waals surface area contributed by atoms with Crippen molar-refractivity contribution in [2.75, 3.05) is 5.32 Å². The van der Waals surface area contributed by atoms with E-state index in [1.54, 1.807) is 12.1 Å². The highest BCUT2D eigenvalue weighted by Gasteiger charge is 2.14. The van der Waals surface area contributed by atoms with Gasteiger partial charge in [0.1, 0.15) is 5.01 Å². The molecule has 1 heterocycles. The first-order chi connectivity index (χ1) is 9.69. The Hall–Kier alpha value is -1.79. The Morgan fingerprint density at radius 2 is 2.10 bits per heavy atom. The summed E-state index contributed by atoms with van der Waals surface area (Å²) in [7, 11) is 0. The van der Waals surface area contributed by atoms with Crippen molar-refractivity contribution in [3.8, 4) is 0 Å². The van der Waals surface area contributed by atoms with Crippen LogP contribution in [0.4, 0.5) is 5.13 Å². The van der Waals surface area contributed by atoms with E-state index < -0.39 is 6.10 Å². The van der Waals surface area contributed by atoms with E-state index in [1.165, 1.54) is 11.3 Å². The van der Waals surface area contributed by atoms with Crippen molar-refractivity contribution < 1.29 is 9.90 Å². The van der Waals surface area contributed by atoms with Crippen molar-refractivity contribution in [1.82, 2.24) is 10.2 Å². The van der Waals surface area contributed by atoms with Gasteiger partial charge < -0.3 is 10.4 Å². The van der Waals surface area contributed by atoms with Gasteiger partial charge in [-0.05, 0) is 12.0 Å². The van der Waals surface area contributed by atoms with Crippen LogP contribution in [-0.2, 0) is 11.2 Å². The summed E-state index contributed by atoms with van der Waals surface area (Å²) in [5.74, 6) is -0.263. The lowest BCUT2D eigenvalue weighted by Crippen LogP contribution is -2.15. The van der Waals surface area contributed by atoms with Crippen LogP contribution in [0.15, 0.2) is 30.3 Å². The fourth-order valence-corrected chi connectivity index (χ4v) is 2.62. The number of carbonyl (C=O) groups excluding carboxylic acids is 1. The molecule has 6 heteroatoms. The molecule has 1 aromatic carbocycles. The van der Waals surface area contributed by atoms with Crippen molar-refractivity contribution in [1.29, 1.82) is 0 Å². The Morgan fingerprint density at radius 1 is 1.35 bits per heavy atom. The molecule has 2 rings (SSSR count). The van der Waals surface area contributed by atoms with Crippen LogP contribution in [0.2, 0.25) is 0 Å². The molecule has 0 fully saturated rings. The standard InChI is InChI=1S/C14H17N3O2S/c1-2-6-13-16-17-14(20-13)15-12(19)9-11(18)10-7-4-3-5-8-10/h3-5,7-8,11,18H,2,6,9H2,1H3,(H,15,17,19). The van der Waals surface area contributed by atoms with Gasteiger partial charge in [-0.3, -0.25) is 4.79 Å². The Kier molecular flexibility index (Phi) is 5.20. The van der Waals surface area contributed by atoms with Gasteiger partial charge in [-0.15, -0.1) is 10.2 Å². The third-order valence-electron chi connectivity index (χ3n) is 2.74. The number of aliphatic hydroxyl groups is 1. The summed E-state index contributed by atoms with van der Waals surface area (Å²) in [6, 6.07) is 9.12. The Labute approximate surface area is 121 Å². The molecule has 20 heavy (non-hydrogen) atoms. The zero-order valence-corrected chi connectivity index (χ0v) is 12.1. The molecule has 1 aromatic heterocycles. The molecule has 106 valence electrons. The normalized spacial score (nSPS) is 12.1. The topological polar surface area (TPSA) is 75.1 Å². The largest absolute Gasteiger partial charge is 0.388 e. The number of aryl methyl sites for hydroxylation is 1. The lowest BCUT2D eigenvalue weighted by atomic mass is 10.1. The van der Waals surface area contributed by atoms with Gasteiger partial charge in [-0.2, -0.15) is 0 Å². The van der Waals surface area contributed by atoms with E-state index in [0.717, 1.165) is 23.4 Å². The average Bonchev–Trinajstić information content (AvgIpc) is 2.87. The molecule has 1 amide bonds. The number of nitrogens with zero attached hydrogens (tertiary/aromatic N) is 2. The number of rotatable bonds is 6. The monoisotopic (exact) mass is 291 g/mol. The second-order valence-corrected chi connectivity index (χ2v) is 5.49. The van der Waals surface area contributed by atoms with E-state index in [9.17, 15) is 9.90 Å². The Morgan fingerprint density at radius 3 is 2.80 bits per heavy atom. The van der Waals surface area contributed by atoms with Crippen LogP contribution >= 0.6 is 11.3 Å². The number of benzene rings is 1. The van der Waals surface area contributed by atoms with Gasteiger partial charge >= 0.3 is 0 Å². The minimum absolute atomic E-state index is 0.00665. The van der Waals surface area contributed by atoms with Crippen molar-refractivity contribution in [3.05, 3.63) is 40.9 Å². The average molecular weight is 291 g/mol. The molecular formula is C14H17N3O2S. The summed E-state index contributed by atoms with van der Waals surface area (Å²) in [4.78, 5) is 11.8. The maximum absolute atomic E-state index is 11.8. The Balaban J connectivity index is 1.88. The first-order valence-electron chi connectivity index (χ1n) is 6.54. The first kappa shape index (κ1) is 14.6. The maximum atomic E-state index is 11.8. The summed E-state index contributed by atoms with van der Waals surface area (Å²) >= 11 is 1.37. The van der Waals surface area contributed by atoms with Crippen molar-refractivity contribution >= 4 is 22.4 Å². The third kappa shape index (κ3) is 4.11. The number of amides is 1. The van der Waals surface area contributed by atoms with Crippen LogP contribution < -0.4 is 5.32 Å². The molecule has 5 nitrogen and oxygen atoms in total. The highest BCUT2D eigenvalue weighted by atomic mass is 32.1. The molecule has 1 atom stereocenters. The summed E-state index contributed by atoms with van der Waals surface area (Å²) < 4.78 is 0. The molecule has 0 aliphatic heterocycles. The van der Waals surface area contributed by atoms with Crippen LogP contribution in [0.5, 0.6) is 0 Å². The summed E-state index contributed by atoms with van der Waals surface area (Å²) in [6.45, 7) is 2.07. The quantitative estimate of drug-likeness (QED) is 0.857. The maximum Gasteiger partial charge on any atom is 0.229 e. The highest BCUT2D eigenvalue weighted by molar-refractivity contribution is 7.15. The number of nitrogens with one attached hydrogen (secondary N) is 1. The second-order valence-electron chi connectivity index (χ2n) is 4.43. The fraction of sp³-hybridized carbons (Fsp3) is 0.357. The zero-order valence-electron chi connectivity index (χ0n) is 11.2. The molecule has 0 aliphatic carbocycles. The van der Waals surface area contributed by atoms with Gasteiger partial charge in [0.15, 0.2) is 0 Å². The molecule has 0 spiro atoms. The van der Waals surface area contributed by atoms with Crippen LogP contribution in [-0.4, -0.2) is 21.2 Å². The number of hydrogen-bond donors (Lipinski definition) is 2. The summed E-state index contributed by atoms with van der Waals surface area (Å²) in [5, 5.41) is 21.9. The third-order valence-corrected chi connectivity index (χ3v) is 3.64. The lowest BCUT2D eigenvalue weighted by Gasteiger charge is -2.09. The molecular weight excluding hydrogens is 274 g/mol. The van der Waals surface area contributed by atoms with Gasteiger partial charge in [0.25, 0.3) is 0 Å². The molecule has 0 saturated heterocycles. The SMILES string of the molecule is CCCc1nnc(NC(=O)CC(O)c2ccccc2)s1. The van der Waals surface area contributed by atoms with E-state index in [-0.39, 0.29) is 12.3 Å². The number of carbonyl (C=O) groups is 1. The van der Waals surface area contributed by atoms with Crippen LogP contribution in [0.3, 0.4) is 0 Å². The molecule has 2 N–H and O–H groups in total. The zero-order chi connectivity index (χ0) is 14.4. The number of anilines is 1. The molecule has 2 aromatic rings. The van der Waals surface area contributed by atoms with Crippen molar-refractivity contribution in [2.45, 2.75) is 32.3 Å². The summed E-state index contributed by atoms with van der Waals surface area (Å²) in [6.07, 6.45) is 1.06. The van der Waals surface area contributed by atoms with Gasteiger partial charge in [-0.25, -0.2) is 0 Å². The minimum Gasteiger partial charge on any atom is -0.388 e. The molecule has 0 aliphatic rings. The highest BCUT2D eigenvalue weighted by Crippen LogP contribution is 2.19. The molecule has 0 saturated carbocycles. The fourth-order valence-electron chi connectivity index (χ4n) is 1.76. The molecule has 0 bridgehead atoms. The molecule has 1 unspecified atom stereocenters. The predicted octanol–water partition coefficient (Wildman–Crippen LogP) is 2.55. The van der Waals surface area contributed by atoms with Gasteiger partial charge in [-0.1, -0.05) is 48.6 Å². The van der Waals surface area contributed by atoms with E-state index in [2.05, 4.69) is 22.4 Å². The van der Waals surface area contributed by atoms with Gasteiger partial charge in [0.2, 0.25) is 11.0 Å². The van der Waals surface area contributed by atoms with E-state index in [1.807, 2.05) is 18.2 Å². The first-order valence-corrected chi connectivity index (χ1v) is 7.36. The molecule has 0 radical (unpaired) electrons. The van der Waals surface area contributed by atoms with Gasteiger partial charge in [0.05, 0.1) is 12.5 Å². The smallest absolute Gasteiger partial charge is 0.229 e. The van der Waals surface area contributed by atoms with E-state index in [0.29, 0.717) is 5.13 Å². The lowest BCUT2D eigenvalue weighted by molar-refractivity contribution is -0.118. The predicted molar refractivity (Wildman–Crippen MR) is 78.6 cm³/mol. The van der Waals surface area contributed by atoms with Crippen LogP contribution in [0.1, 0.15) is 36.4 Å².